The molecule has 5 nitrogen and oxygen atoms in total. The van der Waals surface area contributed by atoms with Crippen LogP contribution in [0, 0.1) is 0 Å². The van der Waals surface area contributed by atoms with Gasteiger partial charge in [0, 0.05) is 58.9 Å². The molecule has 0 aliphatic carbocycles. The first-order valence-electron chi connectivity index (χ1n) is 18.7. The lowest BCUT2D eigenvalue weighted by molar-refractivity contribution is 0.979. The molecule has 0 unspecified atom stereocenters. The van der Waals surface area contributed by atoms with E-state index in [1.807, 2.05) is 24.3 Å². The predicted molar refractivity (Wildman–Crippen MR) is 232 cm³/mol. The second-order valence-electron chi connectivity index (χ2n) is 13.9. The minimum absolute atomic E-state index is 0.624. The van der Waals surface area contributed by atoms with Gasteiger partial charge >= 0.3 is 0 Å². The highest BCUT2D eigenvalue weighted by Gasteiger charge is 2.22. The Morgan fingerprint density at radius 2 is 0.964 bits per heavy atom. The number of hydrogen-bond acceptors (Lipinski definition) is 5. The normalized spacial score (nSPS) is 11.6. The van der Waals surface area contributed by atoms with Gasteiger partial charge in [-0.05, 0) is 29.1 Å². The number of pyridine rings is 1. The monoisotopic (exact) mass is 733 g/mol. The highest BCUT2D eigenvalue weighted by molar-refractivity contribution is 7.26. The topological polar surface area (TPSA) is 56.0 Å². The zero-order valence-electron chi connectivity index (χ0n) is 30.0. The van der Waals surface area contributed by atoms with E-state index in [0.717, 1.165) is 66.6 Å². The van der Waals surface area contributed by atoms with Crippen molar-refractivity contribution in [1.29, 1.82) is 0 Å². The third-order valence-electron chi connectivity index (χ3n) is 10.5. The third kappa shape index (κ3) is 5.38. The second kappa shape index (κ2) is 13.2. The van der Waals surface area contributed by atoms with Crippen LogP contribution in [-0.2, 0) is 0 Å². The molecule has 4 heterocycles. The molecule has 0 atom stereocenters. The zero-order chi connectivity index (χ0) is 37.0. The van der Waals surface area contributed by atoms with Crippen molar-refractivity contribution in [2.45, 2.75) is 0 Å². The molecule has 262 valence electrons. The van der Waals surface area contributed by atoms with Crippen LogP contribution in [0.2, 0.25) is 0 Å². The molecule has 0 amide bonds. The van der Waals surface area contributed by atoms with Crippen molar-refractivity contribution in [3.63, 3.8) is 0 Å². The molecular formula is C50H31N5S. The fraction of sp³-hybridized carbons (Fsp3) is 0. The maximum Gasteiger partial charge on any atom is 0.165 e. The minimum Gasteiger partial charge on any atom is -0.231 e. The van der Waals surface area contributed by atoms with Crippen LogP contribution >= 0.6 is 11.3 Å². The molecule has 0 saturated heterocycles. The van der Waals surface area contributed by atoms with Crippen LogP contribution in [0.4, 0.5) is 0 Å². The van der Waals surface area contributed by atoms with E-state index in [2.05, 4.69) is 168 Å². The molecule has 0 radical (unpaired) electrons. The van der Waals surface area contributed by atoms with E-state index in [4.69, 9.17) is 20.1 Å². The van der Waals surface area contributed by atoms with Gasteiger partial charge in [-0.3, -0.25) is 0 Å². The van der Waals surface area contributed by atoms with Crippen molar-refractivity contribution in [2.24, 2.45) is 0 Å². The summed E-state index contributed by atoms with van der Waals surface area (Å²) < 4.78 is 4.54. The van der Waals surface area contributed by atoms with Crippen LogP contribution in [0.15, 0.2) is 188 Å². The summed E-state index contributed by atoms with van der Waals surface area (Å²) >= 11 is 1.78. The van der Waals surface area contributed by atoms with Crippen LogP contribution in [0.25, 0.3) is 104 Å². The van der Waals surface area contributed by atoms with Crippen molar-refractivity contribution in [3.05, 3.63) is 188 Å². The van der Waals surface area contributed by atoms with Crippen molar-refractivity contribution < 1.29 is 0 Å². The van der Waals surface area contributed by atoms with E-state index >= 15 is 0 Å². The zero-order valence-corrected chi connectivity index (χ0v) is 30.9. The number of fused-ring (bicyclic) bond motifs is 6. The minimum atomic E-state index is 0.624. The average molecular weight is 734 g/mol. The van der Waals surface area contributed by atoms with E-state index in [9.17, 15) is 0 Å². The van der Waals surface area contributed by atoms with Crippen molar-refractivity contribution in [1.82, 2.24) is 24.6 Å². The number of thiophene rings is 1. The molecule has 6 heteroatoms. The standard InChI is InChI=1S/C50H31N5S/c1-4-15-33(16-5-1)44-45(34-17-6-2-7-18-34)54-55-42(31-37-21-10-11-22-38(37)46(44)55)32-27-29-36(30-28-32)49-51-48(35-19-8-3-9-20-35)52-50(53-49)41-25-14-24-40-39-23-12-13-26-43(39)56-47(40)41/h1-31H. The van der Waals surface area contributed by atoms with Crippen LogP contribution in [0.3, 0.4) is 0 Å². The Kier molecular flexibility index (Phi) is 7.60. The summed E-state index contributed by atoms with van der Waals surface area (Å²) in [6.07, 6.45) is 0. The lowest BCUT2D eigenvalue weighted by atomic mass is 9.97. The van der Waals surface area contributed by atoms with E-state index in [1.165, 1.54) is 20.2 Å². The quantitative estimate of drug-likeness (QED) is 0.171. The van der Waals surface area contributed by atoms with Crippen LogP contribution in [0.1, 0.15) is 0 Å². The number of aromatic nitrogens is 5. The number of hydrogen-bond donors (Lipinski definition) is 0. The summed E-state index contributed by atoms with van der Waals surface area (Å²) in [6.45, 7) is 0. The van der Waals surface area contributed by atoms with Gasteiger partial charge in [0.2, 0.25) is 0 Å². The van der Waals surface area contributed by atoms with Gasteiger partial charge in [-0.1, -0.05) is 170 Å². The Labute approximate surface area is 326 Å². The smallest absolute Gasteiger partial charge is 0.165 e. The summed E-state index contributed by atoms with van der Waals surface area (Å²) in [7, 11) is 0. The Balaban J connectivity index is 1.09. The maximum atomic E-state index is 5.38. The first-order valence-corrected chi connectivity index (χ1v) is 19.5. The van der Waals surface area contributed by atoms with E-state index in [-0.39, 0.29) is 0 Å². The highest BCUT2D eigenvalue weighted by atomic mass is 32.1. The first-order chi connectivity index (χ1) is 27.8. The molecule has 11 aromatic rings. The summed E-state index contributed by atoms with van der Waals surface area (Å²) in [5.41, 5.74) is 10.2. The van der Waals surface area contributed by atoms with Gasteiger partial charge in [-0.2, -0.15) is 5.10 Å². The number of rotatable bonds is 6. The predicted octanol–water partition coefficient (Wildman–Crippen LogP) is 13.0. The molecule has 0 aliphatic rings. The van der Waals surface area contributed by atoms with E-state index in [1.54, 1.807) is 11.3 Å². The lowest BCUT2D eigenvalue weighted by Crippen LogP contribution is -2.00. The fourth-order valence-corrected chi connectivity index (χ4v) is 9.04. The van der Waals surface area contributed by atoms with Gasteiger partial charge in [0.25, 0.3) is 0 Å². The van der Waals surface area contributed by atoms with Gasteiger partial charge < -0.3 is 0 Å². The fourth-order valence-electron chi connectivity index (χ4n) is 7.83. The molecule has 0 bridgehead atoms. The molecule has 0 aliphatic heterocycles. The van der Waals surface area contributed by atoms with Gasteiger partial charge in [-0.25, -0.2) is 19.5 Å². The molecule has 11 rings (SSSR count). The van der Waals surface area contributed by atoms with Crippen LogP contribution in [0.5, 0.6) is 0 Å². The van der Waals surface area contributed by atoms with Crippen LogP contribution < -0.4 is 0 Å². The molecule has 0 saturated carbocycles. The Hall–Kier alpha value is -7.28. The van der Waals surface area contributed by atoms with Gasteiger partial charge in [0.1, 0.15) is 5.69 Å². The van der Waals surface area contributed by atoms with Gasteiger partial charge in [0.05, 0.1) is 11.2 Å². The largest absolute Gasteiger partial charge is 0.231 e. The van der Waals surface area contributed by atoms with Gasteiger partial charge in [0.15, 0.2) is 17.5 Å². The Morgan fingerprint density at radius 3 is 1.70 bits per heavy atom. The van der Waals surface area contributed by atoms with Crippen LogP contribution in [-0.4, -0.2) is 24.6 Å². The molecule has 4 aromatic heterocycles. The molecule has 7 aromatic carbocycles. The van der Waals surface area contributed by atoms with Crippen molar-refractivity contribution in [3.8, 4) is 67.8 Å². The van der Waals surface area contributed by atoms with Crippen molar-refractivity contribution in [2.75, 3.05) is 0 Å². The number of nitrogens with zero attached hydrogens (tertiary/aromatic N) is 5. The second-order valence-corrected chi connectivity index (χ2v) is 14.9. The first kappa shape index (κ1) is 32.2. The Bertz CT molecular complexity index is 3230. The SMILES string of the molecule is c1ccc(-c2nc(-c3ccc(-c4cc5ccccc5c5c(-c6ccccc6)c(-c6ccccc6)nn45)cc3)nc(-c3cccc4c3sc3ccccc34)n2)cc1. The molecule has 56 heavy (non-hydrogen) atoms. The average Bonchev–Trinajstić information content (AvgIpc) is 3.87. The molecule has 0 spiro atoms. The molecule has 0 fully saturated rings. The lowest BCUT2D eigenvalue weighted by Gasteiger charge is -2.12. The van der Waals surface area contributed by atoms with E-state index < -0.39 is 0 Å². The summed E-state index contributed by atoms with van der Waals surface area (Å²) in [4.78, 5) is 15.3. The third-order valence-corrected chi connectivity index (χ3v) is 11.7. The number of benzene rings is 7. The maximum absolute atomic E-state index is 5.38. The summed E-state index contributed by atoms with van der Waals surface area (Å²) in [6, 6.07) is 65.6. The van der Waals surface area contributed by atoms with Crippen molar-refractivity contribution >= 4 is 47.8 Å². The summed E-state index contributed by atoms with van der Waals surface area (Å²) in [5, 5.41) is 10.1. The molecule has 0 N–H and O–H groups in total. The highest BCUT2D eigenvalue weighted by Crippen LogP contribution is 2.42. The molecular weight excluding hydrogens is 703 g/mol. The Morgan fingerprint density at radius 1 is 0.411 bits per heavy atom. The summed E-state index contributed by atoms with van der Waals surface area (Å²) in [5.74, 6) is 1.92. The van der Waals surface area contributed by atoms with Gasteiger partial charge in [-0.15, -0.1) is 11.3 Å². The van der Waals surface area contributed by atoms with E-state index in [0.29, 0.717) is 17.5 Å².